The number of aromatic nitrogens is 2. The summed E-state index contributed by atoms with van der Waals surface area (Å²) in [4.78, 5) is 16.5. The molecule has 0 spiro atoms. The number of benzene rings is 1. The number of fused-ring (bicyclic) bond motifs is 1. The number of nitrogens with two attached hydrogens (primary N) is 1. The van der Waals surface area contributed by atoms with E-state index in [9.17, 15) is 4.79 Å². The largest absolute Gasteiger partial charge is 0.397 e. The molecule has 0 aliphatic carbocycles. The van der Waals surface area contributed by atoms with Crippen molar-refractivity contribution in [2.45, 2.75) is 6.42 Å². The smallest absolute Gasteiger partial charge is 0.263 e. The van der Waals surface area contributed by atoms with Gasteiger partial charge in [-0.15, -0.1) is 11.3 Å². The lowest BCUT2D eigenvalue weighted by Gasteiger charge is -2.02. The minimum atomic E-state index is -0.215. The third kappa shape index (κ3) is 2.84. The maximum absolute atomic E-state index is 12.2. The Morgan fingerprint density at radius 2 is 2.33 bits per heavy atom. The number of nitrogens with zero attached hydrogens (tertiary/aromatic N) is 2. The average Bonchev–Trinajstić information content (AvgIpc) is 3.07. The van der Waals surface area contributed by atoms with E-state index < -0.39 is 0 Å². The second-order valence-corrected chi connectivity index (χ2v) is 5.83. The standard InChI is InChI=1S/C13H11ClN4O2S/c14-7-1-2-8-9(5-7)21-12(11(8)15)13(19)16-4-3-10-17-6-20-18-10/h1-2,5-6H,3-4,15H2,(H,16,19). The van der Waals surface area contributed by atoms with Crippen molar-refractivity contribution in [3.63, 3.8) is 0 Å². The number of hydrogen-bond acceptors (Lipinski definition) is 6. The molecule has 0 atom stereocenters. The summed E-state index contributed by atoms with van der Waals surface area (Å²) in [6.07, 6.45) is 1.75. The van der Waals surface area contributed by atoms with Gasteiger partial charge in [-0.1, -0.05) is 16.8 Å². The molecule has 1 aromatic carbocycles. The first-order valence-corrected chi connectivity index (χ1v) is 7.35. The van der Waals surface area contributed by atoms with Crippen LogP contribution in [-0.2, 0) is 6.42 Å². The maximum atomic E-state index is 12.2. The second kappa shape index (κ2) is 5.71. The van der Waals surface area contributed by atoms with Crippen molar-refractivity contribution < 1.29 is 9.32 Å². The van der Waals surface area contributed by atoms with Crippen molar-refractivity contribution in [1.82, 2.24) is 15.5 Å². The average molecular weight is 323 g/mol. The van der Waals surface area contributed by atoms with E-state index in [-0.39, 0.29) is 5.91 Å². The molecule has 3 aromatic rings. The Balaban J connectivity index is 1.73. The molecule has 0 aliphatic rings. The number of carbonyl (C=O) groups is 1. The van der Waals surface area contributed by atoms with Crippen LogP contribution < -0.4 is 11.1 Å². The number of carbonyl (C=O) groups excluding carboxylic acids is 1. The number of rotatable bonds is 4. The lowest BCUT2D eigenvalue weighted by Crippen LogP contribution is -2.25. The summed E-state index contributed by atoms with van der Waals surface area (Å²) >= 11 is 7.27. The molecule has 6 nitrogen and oxygen atoms in total. The molecule has 0 unspecified atom stereocenters. The monoisotopic (exact) mass is 322 g/mol. The van der Waals surface area contributed by atoms with Crippen molar-refractivity contribution in [2.24, 2.45) is 0 Å². The van der Waals surface area contributed by atoms with E-state index in [0.29, 0.717) is 34.4 Å². The normalized spacial score (nSPS) is 10.9. The van der Waals surface area contributed by atoms with Crippen LogP contribution in [0.3, 0.4) is 0 Å². The van der Waals surface area contributed by atoms with Crippen LogP contribution in [0.15, 0.2) is 29.1 Å². The molecular weight excluding hydrogens is 312 g/mol. The van der Waals surface area contributed by atoms with Crippen LogP contribution in [-0.4, -0.2) is 22.6 Å². The Morgan fingerprint density at radius 1 is 1.48 bits per heavy atom. The molecule has 108 valence electrons. The quantitative estimate of drug-likeness (QED) is 0.769. The Bertz CT molecular complexity index is 785. The number of amides is 1. The highest BCUT2D eigenvalue weighted by Gasteiger charge is 2.16. The number of hydrogen-bond donors (Lipinski definition) is 2. The molecule has 0 saturated carbocycles. The molecule has 3 rings (SSSR count). The van der Waals surface area contributed by atoms with Crippen LogP contribution in [0.5, 0.6) is 0 Å². The fourth-order valence-electron chi connectivity index (χ4n) is 1.93. The fraction of sp³-hybridized carbons (Fsp3) is 0.154. The van der Waals surface area contributed by atoms with Gasteiger partial charge in [0, 0.05) is 28.1 Å². The Labute approximate surface area is 128 Å². The van der Waals surface area contributed by atoms with Crippen molar-refractivity contribution >= 4 is 44.6 Å². The van der Waals surface area contributed by atoms with E-state index in [4.69, 9.17) is 17.3 Å². The molecule has 1 amide bonds. The van der Waals surface area contributed by atoms with E-state index >= 15 is 0 Å². The number of nitrogens with one attached hydrogen (secondary N) is 1. The summed E-state index contributed by atoms with van der Waals surface area (Å²) in [6, 6.07) is 5.37. The third-order valence-electron chi connectivity index (χ3n) is 2.94. The van der Waals surface area contributed by atoms with E-state index in [2.05, 4.69) is 20.0 Å². The molecule has 0 saturated heterocycles. The number of thiophene rings is 1. The molecular formula is C13H11ClN4O2S. The van der Waals surface area contributed by atoms with E-state index in [1.807, 2.05) is 6.07 Å². The predicted octanol–water partition coefficient (Wildman–Crippen LogP) is 2.49. The summed E-state index contributed by atoms with van der Waals surface area (Å²) in [6.45, 7) is 0.410. The summed E-state index contributed by atoms with van der Waals surface area (Å²) in [5.74, 6) is 0.333. The molecule has 2 heterocycles. The van der Waals surface area contributed by atoms with Gasteiger partial charge < -0.3 is 15.6 Å². The van der Waals surface area contributed by atoms with Crippen molar-refractivity contribution in [1.29, 1.82) is 0 Å². The highest BCUT2D eigenvalue weighted by atomic mass is 35.5. The highest BCUT2D eigenvalue weighted by Crippen LogP contribution is 2.35. The van der Waals surface area contributed by atoms with Crippen LogP contribution in [0.2, 0.25) is 5.02 Å². The van der Waals surface area contributed by atoms with Gasteiger partial charge in [0.2, 0.25) is 6.39 Å². The summed E-state index contributed by atoms with van der Waals surface area (Å²) in [5, 5.41) is 7.92. The molecule has 0 fully saturated rings. The zero-order valence-corrected chi connectivity index (χ0v) is 12.4. The SMILES string of the molecule is Nc1c(C(=O)NCCc2ncon2)sc2cc(Cl)ccc12. The molecule has 3 N–H and O–H groups in total. The Hall–Kier alpha value is -2.12. The van der Waals surface area contributed by atoms with E-state index in [1.165, 1.54) is 17.7 Å². The van der Waals surface area contributed by atoms with E-state index in [0.717, 1.165) is 10.1 Å². The fourth-order valence-corrected chi connectivity index (χ4v) is 3.25. The summed E-state index contributed by atoms with van der Waals surface area (Å²) < 4.78 is 5.51. The first-order valence-electron chi connectivity index (χ1n) is 6.16. The number of halogens is 1. The topological polar surface area (TPSA) is 94.0 Å². The van der Waals surface area contributed by atoms with Gasteiger partial charge in [0.15, 0.2) is 5.82 Å². The van der Waals surface area contributed by atoms with Gasteiger partial charge in [0.05, 0.1) is 5.69 Å². The van der Waals surface area contributed by atoms with Gasteiger partial charge >= 0.3 is 0 Å². The predicted molar refractivity (Wildman–Crippen MR) is 81.6 cm³/mol. The van der Waals surface area contributed by atoms with Gasteiger partial charge in [-0.05, 0) is 18.2 Å². The Morgan fingerprint density at radius 3 is 3.10 bits per heavy atom. The van der Waals surface area contributed by atoms with Gasteiger partial charge in [-0.2, -0.15) is 4.98 Å². The van der Waals surface area contributed by atoms with Gasteiger partial charge in [-0.3, -0.25) is 4.79 Å². The minimum absolute atomic E-state index is 0.215. The molecule has 0 radical (unpaired) electrons. The van der Waals surface area contributed by atoms with Gasteiger partial charge in [-0.25, -0.2) is 0 Å². The molecule has 0 aliphatic heterocycles. The van der Waals surface area contributed by atoms with Crippen LogP contribution >= 0.6 is 22.9 Å². The van der Waals surface area contributed by atoms with Crippen LogP contribution in [0.4, 0.5) is 5.69 Å². The highest BCUT2D eigenvalue weighted by molar-refractivity contribution is 7.21. The van der Waals surface area contributed by atoms with Crippen LogP contribution in [0.1, 0.15) is 15.5 Å². The van der Waals surface area contributed by atoms with Gasteiger partial charge in [0.25, 0.3) is 5.91 Å². The lowest BCUT2D eigenvalue weighted by molar-refractivity contribution is 0.0959. The van der Waals surface area contributed by atoms with Crippen molar-refractivity contribution in [3.8, 4) is 0 Å². The zero-order valence-electron chi connectivity index (χ0n) is 10.8. The minimum Gasteiger partial charge on any atom is -0.397 e. The first kappa shape index (κ1) is 13.8. The number of anilines is 1. The third-order valence-corrected chi connectivity index (χ3v) is 4.34. The Kier molecular flexibility index (Phi) is 3.76. The van der Waals surface area contributed by atoms with Gasteiger partial charge in [0.1, 0.15) is 4.88 Å². The lowest BCUT2D eigenvalue weighted by atomic mass is 10.2. The van der Waals surface area contributed by atoms with Crippen LogP contribution in [0, 0.1) is 0 Å². The van der Waals surface area contributed by atoms with Crippen LogP contribution in [0.25, 0.3) is 10.1 Å². The molecule has 0 bridgehead atoms. The summed E-state index contributed by atoms with van der Waals surface area (Å²) in [7, 11) is 0. The molecule has 2 aromatic heterocycles. The summed E-state index contributed by atoms with van der Waals surface area (Å²) in [5.41, 5.74) is 6.50. The first-order chi connectivity index (χ1) is 10.1. The number of nitrogen functional groups attached to an aromatic ring is 1. The maximum Gasteiger partial charge on any atom is 0.263 e. The molecule has 21 heavy (non-hydrogen) atoms. The molecule has 8 heteroatoms. The van der Waals surface area contributed by atoms with E-state index in [1.54, 1.807) is 12.1 Å². The van der Waals surface area contributed by atoms with Crippen molar-refractivity contribution in [3.05, 3.63) is 40.3 Å². The van der Waals surface area contributed by atoms with Crippen molar-refractivity contribution in [2.75, 3.05) is 12.3 Å². The zero-order chi connectivity index (χ0) is 14.8. The second-order valence-electron chi connectivity index (χ2n) is 4.34.